The number of hydrogen-bond donors (Lipinski definition) is 2. The van der Waals surface area contributed by atoms with E-state index >= 15 is 0 Å². The summed E-state index contributed by atoms with van der Waals surface area (Å²) in [6, 6.07) is 82.0. The van der Waals surface area contributed by atoms with E-state index < -0.39 is 10.8 Å². The second-order valence-corrected chi connectivity index (χ2v) is 17.6. The van der Waals surface area contributed by atoms with Crippen molar-refractivity contribution in [2.24, 2.45) is 0 Å². The van der Waals surface area contributed by atoms with E-state index in [1.165, 1.54) is 88.6 Å². The van der Waals surface area contributed by atoms with Crippen molar-refractivity contribution in [2.45, 2.75) is 10.8 Å². The first kappa shape index (κ1) is 36.8. The van der Waals surface area contributed by atoms with Crippen LogP contribution in [0.2, 0.25) is 0 Å². The Labute approximate surface area is 382 Å². The van der Waals surface area contributed by atoms with Gasteiger partial charge in [-0.1, -0.05) is 164 Å². The summed E-state index contributed by atoms with van der Waals surface area (Å²) >= 11 is 0. The molecule has 0 atom stereocenters. The van der Waals surface area contributed by atoms with Gasteiger partial charge in [-0.3, -0.25) is 0 Å². The van der Waals surface area contributed by atoms with Crippen molar-refractivity contribution >= 4 is 33.2 Å². The minimum absolute atomic E-state index is 0.414. The predicted octanol–water partition coefficient (Wildman–Crippen LogP) is 15.7. The zero-order valence-corrected chi connectivity index (χ0v) is 35.8. The lowest BCUT2D eigenvalue weighted by molar-refractivity contribution is 0.436. The predicted molar refractivity (Wildman–Crippen MR) is 267 cm³/mol. The topological polar surface area (TPSA) is 46.3 Å². The highest BCUT2D eigenvalue weighted by Gasteiger charge is 2.52. The van der Waals surface area contributed by atoms with Crippen LogP contribution in [0.15, 0.2) is 231 Å². The molecule has 2 aliphatic carbocycles. The quantitative estimate of drug-likeness (QED) is 0.182. The van der Waals surface area contributed by atoms with Crippen LogP contribution in [-0.2, 0) is 10.8 Å². The summed E-state index contributed by atoms with van der Waals surface area (Å²) in [5.74, 6) is 3.69. The number of anilines is 2. The molecule has 0 saturated heterocycles. The number of aromatic amines is 1. The molecule has 4 aliphatic rings. The summed E-state index contributed by atoms with van der Waals surface area (Å²) in [6.07, 6.45) is 0. The van der Waals surface area contributed by atoms with E-state index in [1.807, 2.05) is 6.07 Å². The zero-order valence-electron chi connectivity index (χ0n) is 35.8. The highest BCUT2D eigenvalue weighted by atomic mass is 16.5. The van der Waals surface area contributed by atoms with Gasteiger partial charge in [0.15, 0.2) is 0 Å². The first-order valence-electron chi connectivity index (χ1n) is 22.7. The van der Waals surface area contributed by atoms with Crippen molar-refractivity contribution in [3.63, 3.8) is 0 Å². The van der Waals surface area contributed by atoms with Crippen LogP contribution in [0.25, 0.3) is 44.1 Å². The smallest absolute Gasteiger partial charge is 0.132 e. The molecule has 0 radical (unpaired) electrons. The number of fused-ring (bicyclic) bond motifs is 21. The van der Waals surface area contributed by atoms with Crippen LogP contribution < -0.4 is 14.8 Å². The molecule has 4 nitrogen and oxygen atoms in total. The molecule has 2 aliphatic heterocycles. The number of H-pyrrole nitrogens is 1. The number of aromatic nitrogens is 1. The van der Waals surface area contributed by atoms with E-state index in [-0.39, 0.29) is 0 Å². The standard InChI is InChI=1S/C31H19NO.C31H21NO/c1-3-11-23-19(9-1)21-17-22-20-10-2-6-14-27(20)32-28(22)18-26(21)31(23)24-12-4-7-15-29(24)33-30-16-8-5-13-25(30)31;1-2-10-21(11-3-1)32-22-18-19-24-23-12-4-5-13-25(23)31(28(24)20-22)26-14-6-8-16-29(26)33-30-17-9-7-15-27(30)31/h1-18,32H;1-20,32H. The van der Waals surface area contributed by atoms with Crippen LogP contribution in [0.1, 0.15) is 44.5 Å². The Kier molecular flexibility index (Phi) is 7.79. The summed E-state index contributed by atoms with van der Waals surface area (Å²) in [7, 11) is 0. The average Bonchev–Trinajstić information content (AvgIpc) is 3.98. The fraction of sp³-hybridized carbons (Fsp3) is 0.0323. The maximum Gasteiger partial charge on any atom is 0.132 e. The van der Waals surface area contributed by atoms with Crippen molar-refractivity contribution in [1.29, 1.82) is 0 Å². The largest absolute Gasteiger partial charge is 0.457 e. The van der Waals surface area contributed by atoms with Gasteiger partial charge in [0.1, 0.15) is 23.0 Å². The molecule has 4 heteroatoms. The van der Waals surface area contributed by atoms with E-state index in [2.05, 4.69) is 235 Å². The van der Waals surface area contributed by atoms with Crippen LogP contribution in [0.4, 0.5) is 11.4 Å². The first-order chi connectivity index (χ1) is 32.7. The van der Waals surface area contributed by atoms with Gasteiger partial charge < -0.3 is 19.8 Å². The highest BCUT2D eigenvalue weighted by molar-refractivity contribution is 6.10. The van der Waals surface area contributed by atoms with Crippen molar-refractivity contribution in [3.05, 3.63) is 275 Å². The van der Waals surface area contributed by atoms with Crippen molar-refractivity contribution in [2.75, 3.05) is 5.32 Å². The van der Waals surface area contributed by atoms with E-state index in [1.54, 1.807) is 0 Å². The minimum atomic E-state index is -0.425. The summed E-state index contributed by atoms with van der Waals surface area (Å²) in [5.41, 5.74) is 18.8. The Hall–Kier alpha value is -8.60. The summed E-state index contributed by atoms with van der Waals surface area (Å²) in [4.78, 5) is 3.67. The first-order valence-corrected chi connectivity index (χ1v) is 22.7. The molecule has 0 bridgehead atoms. The van der Waals surface area contributed by atoms with Crippen molar-refractivity contribution in [3.8, 4) is 45.3 Å². The van der Waals surface area contributed by atoms with E-state index in [4.69, 9.17) is 9.47 Å². The third-order valence-electron chi connectivity index (χ3n) is 14.4. The third-order valence-corrected chi connectivity index (χ3v) is 14.4. The molecule has 310 valence electrons. The Morgan fingerprint density at radius 3 is 1.30 bits per heavy atom. The number of ether oxygens (including phenoxy) is 2. The second kappa shape index (κ2) is 13.9. The lowest BCUT2D eigenvalue weighted by Gasteiger charge is -2.39. The number of para-hydroxylation sites is 6. The van der Waals surface area contributed by atoms with Crippen LogP contribution in [-0.4, -0.2) is 4.98 Å². The monoisotopic (exact) mass is 844 g/mol. The Balaban J connectivity index is 0.000000126. The molecule has 0 unspecified atom stereocenters. The Morgan fingerprint density at radius 1 is 0.288 bits per heavy atom. The number of nitrogens with one attached hydrogen (secondary N) is 2. The molecular formula is C62H40N2O2. The molecule has 15 rings (SSSR count). The molecule has 0 fully saturated rings. The Bertz CT molecular complexity index is 3680. The SMILES string of the molecule is c1ccc(Nc2ccc3c(c2)C2(c4ccccc4Oc4ccccc42)c2ccccc2-3)cc1.c1ccc2c(c1)Oc1ccccc1C21c2ccccc2-c2cc3c(cc21)[nH]c1ccccc13. The van der Waals surface area contributed by atoms with E-state index in [9.17, 15) is 0 Å². The minimum Gasteiger partial charge on any atom is -0.457 e. The summed E-state index contributed by atoms with van der Waals surface area (Å²) < 4.78 is 12.8. The fourth-order valence-electron chi connectivity index (χ4n) is 11.8. The highest BCUT2D eigenvalue weighted by Crippen LogP contribution is 2.64. The molecule has 1 aromatic heterocycles. The van der Waals surface area contributed by atoms with Gasteiger partial charge in [0.2, 0.25) is 0 Å². The Morgan fingerprint density at radius 2 is 0.727 bits per heavy atom. The van der Waals surface area contributed by atoms with Gasteiger partial charge in [0.25, 0.3) is 0 Å². The number of rotatable bonds is 2. The maximum atomic E-state index is 6.42. The molecule has 2 N–H and O–H groups in total. The fourth-order valence-corrected chi connectivity index (χ4v) is 11.8. The number of hydrogen-bond acceptors (Lipinski definition) is 3. The summed E-state index contributed by atoms with van der Waals surface area (Å²) in [6.45, 7) is 0. The lowest BCUT2D eigenvalue weighted by Crippen LogP contribution is -2.32. The van der Waals surface area contributed by atoms with Crippen molar-refractivity contribution < 1.29 is 9.47 Å². The van der Waals surface area contributed by atoms with Gasteiger partial charge in [-0.05, 0) is 111 Å². The maximum absolute atomic E-state index is 6.42. The van der Waals surface area contributed by atoms with Gasteiger partial charge in [-0.15, -0.1) is 0 Å². The van der Waals surface area contributed by atoms with E-state index in [0.717, 1.165) is 34.4 Å². The molecule has 10 aromatic carbocycles. The van der Waals surface area contributed by atoms with Crippen molar-refractivity contribution in [1.82, 2.24) is 4.98 Å². The molecule has 0 saturated carbocycles. The average molecular weight is 845 g/mol. The van der Waals surface area contributed by atoms with Crippen LogP contribution >= 0.6 is 0 Å². The normalized spacial score (nSPS) is 14.2. The van der Waals surface area contributed by atoms with Crippen LogP contribution in [0.5, 0.6) is 23.0 Å². The van der Waals surface area contributed by atoms with Crippen LogP contribution in [0, 0.1) is 0 Å². The lowest BCUT2D eigenvalue weighted by atomic mass is 9.66. The molecule has 3 heterocycles. The zero-order chi connectivity index (χ0) is 43.4. The van der Waals surface area contributed by atoms with Gasteiger partial charge in [0, 0.05) is 55.4 Å². The second-order valence-electron chi connectivity index (χ2n) is 17.6. The third kappa shape index (κ3) is 4.98. The van der Waals surface area contributed by atoms with Gasteiger partial charge in [0.05, 0.1) is 10.8 Å². The van der Waals surface area contributed by atoms with Gasteiger partial charge in [-0.2, -0.15) is 0 Å². The van der Waals surface area contributed by atoms with Gasteiger partial charge in [-0.25, -0.2) is 0 Å². The molecule has 66 heavy (non-hydrogen) atoms. The molecule has 0 amide bonds. The van der Waals surface area contributed by atoms with E-state index in [0.29, 0.717) is 0 Å². The molecule has 11 aromatic rings. The molecule has 2 spiro atoms. The number of benzene rings is 10. The van der Waals surface area contributed by atoms with Gasteiger partial charge >= 0.3 is 0 Å². The molecular weight excluding hydrogens is 805 g/mol. The van der Waals surface area contributed by atoms with Crippen LogP contribution in [0.3, 0.4) is 0 Å². The summed E-state index contributed by atoms with van der Waals surface area (Å²) in [5, 5.41) is 6.13.